The molecule has 0 aliphatic heterocycles. The smallest absolute Gasteiger partial charge is 0.176 e. The normalized spacial score (nSPS) is 40.5. The summed E-state index contributed by atoms with van der Waals surface area (Å²) >= 11 is 0. The third-order valence-electron chi connectivity index (χ3n) is 6.08. The Morgan fingerprint density at radius 1 is 1.27 bits per heavy atom. The molecule has 3 heteroatoms. The van der Waals surface area contributed by atoms with Crippen molar-refractivity contribution in [3.63, 3.8) is 0 Å². The van der Waals surface area contributed by atoms with Crippen LogP contribution in [-0.2, 0) is 9.59 Å². The number of hydrogen-bond acceptors (Lipinski definition) is 3. The van der Waals surface area contributed by atoms with Crippen LogP contribution in [-0.4, -0.2) is 11.6 Å². The van der Waals surface area contributed by atoms with Crippen molar-refractivity contribution in [2.45, 2.75) is 53.9 Å². The highest BCUT2D eigenvalue weighted by atomic mass is 16.1. The zero-order valence-electron chi connectivity index (χ0n) is 12.9. The molecule has 118 valence electrons. The van der Waals surface area contributed by atoms with Crippen molar-refractivity contribution >= 4 is 11.6 Å². The second-order valence-electron chi connectivity index (χ2n) is 7.34. The van der Waals surface area contributed by atoms with Crippen molar-refractivity contribution in [2.75, 3.05) is 0 Å². The first-order chi connectivity index (χ1) is 9.82. The van der Waals surface area contributed by atoms with Crippen molar-refractivity contribution in [2.24, 2.45) is 22.7 Å². The van der Waals surface area contributed by atoms with Gasteiger partial charge in [0, 0.05) is 17.8 Å². The van der Waals surface area contributed by atoms with Crippen molar-refractivity contribution < 1.29 is 9.59 Å². The molecule has 1 fully saturated rings. The highest BCUT2D eigenvalue weighted by molar-refractivity contribution is 6.02. The quantitative estimate of drug-likeness (QED) is 0.679. The first kappa shape index (κ1) is 16.7. The van der Waals surface area contributed by atoms with E-state index >= 15 is 0 Å². The molecule has 3 rings (SSSR count). The molecule has 2 unspecified atom stereocenters. The van der Waals surface area contributed by atoms with Gasteiger partial charge in [0.2, 0.25) is 0 Å². The predicted molar refractivity (Wildman–Crippen MR) is 85.9 cm³/mol. The molecule has 0 saturated heterocycles. The Balaban J connectivity index is 0.00000176. The molecule has 0 radical (unpaired) electrons. The molecule has 0 bridgehead atoms. The Kier molecular flexibility index (Phi) is 3.94. The number of Topliss-reactive ketones (excluding diaryl/α,β-unsaturated/α-hetero) is 1. The summed E-state index contributed by atoms with van der Waals surface area (Å²) in [6, 6.07) is 2.06. The molecule has 0 spiro atoms. The molecule has 3 aliphatic rings. The molecule has 1 saturated carbocycles. The fourth-order valence-electron chi connectivity index (χ4n) is 4.82. The van der Waals surface area contributed by atoms with Gasteiger partial charge < -0.3 is 0 Å². The predicted octanol–water partition coefficient (Wildman–Crippen LogP) is 4.00. The van der Waals surface area contributed by atoms with Crippen LogP contribution in [0.15, 0.2) is 23.3 Å². The molecule has 3 nitrogen and oxygen atoms in total. The van der Waals surface area contributed by atoms with E-state index in [0.29, 0.717) is 6.42 Å². The molecule has 4 atom stereocenters. The van der Waals surface area contributed by atoms with Gasteiger partial charge in [-0.3, -0.25) is 9.59 Å². The Morgan fingerprint density at radius 2 is 1.95 bits per heavy atom. The number of rotatable bonds is 0. The zero-order chi connectivity index (χ0) is 15.4. The van der Waals surface area contributed by atoms with E-state index in [0.717, 1.165) is 24.8 Å². The topological polar surface area (TPSA) is 57.9 Å². The average molecular weight is 299 g/mol. The lowest BCUT2D eigenvalue weighted by Crippen LogP contribution is -2.49. The fourth-order valence-corrected chi connectivity index (χ4v) is 4.82. The van der Waals surface area contributed by atoms with E-state index in [1.807, 2.05) is 19.1 Å². The van der Waals surface area contributed by atoms with Crippen LogP contribution in [0, 0.1) is 34.0 Å². The summed E-state index contributed by atoms with van der Waals surface area (Å²) in [4.78, 5) is 24.2. The SMILES string of the molecule is C.CC1C(=O)C(C#N)=C[C@]2(C)C3=CC(=O)CC[C@]3(C)CCC12. The summed E-state index contributed by atoms with van der Waals surface area (Å²) in [5.74, 6) is 0.205. The summed E-state index contributed by atoms with van der Waals surface area (Å²) in [5, 5.41) is 9.27. The molecule has 0 amide bonds. The summed E-state index contributed by atoms with van der Waals surface area (Å²) < 4.78 is 0. The van der Waals surface area contributed by atoms with E-state index in [1.165, 1.54) is 0 Å². The van der Waals surface area contributed by atoms with Gasteiger partial charge in [0.25, 0.3) is 0 Å². The van der Waals surface area contributed by atoms with E-state index in [1.54, 1.807) is 0 Å². The summed E-state index contributed by atoms with van der Waals surface area (Å²) in [6.45, 7) is 6.27. The maximum absolute atomic E-state index is 12.3. The van der Waals surface area contributed by atoms with E-state index in [2.05, 4.69) is 19.9 Å². The molecule has 0 N–H and O–H groups in total. The molecule has 0 aromatic rings. The number of carbonyl (C=O) groups is 2. The number of nitrogens with zero attached hydrogens (tertiary/aromatic N) is 1. The molecular weight excluding hydrogens is 274 g/mol. The standard InChI is InChI=1S/C18H21NO2.CH4/c1-11-14-5-7-17(2)6-4-13(20)8-15(17)18(14,3)9-12(10-19)16(11)21;/h8-9,11,14H,4-7H2,1-3H3;1H4/t11?,14?,17-,18+;/m1./s1. The molecular formula is C19H25NO2. The minimum Gasteiger partial charge on any atom is -0.295 e. The molecule has 3 aliphatic carbocycles. The van der Waals surface area contributed by atoms with E-state index in [4.69, 9.17) is 0 Å². The van der Waals surface area contributed by atoms with Gasteiger partial charge >= 0.3 is 0 Å². The van der Waals surface area contributed by atoms with Crippen LogP contribution < -0.4 is 0 Å². The van der Waals surface area contributed by atoms with Crippen LogP contribution >= 0.6 is 0 Å². The maximum Gasteiger partial charge on any atom is 0.176 e. The van der Waals surface area contributed by atoms with Crippen LogP contribution in [0.1, 0.15) is 53.9 Å². The Hall–Kier alpha value is -1.69. The third kappa shape index (κ3) is 2.08. The summed E-state index contributed by atoms with van der Waals surface area (Å²) in [6.07, 6.45) is 7.17. The highest BCUT2D eigenvalue weighted by Crippen LogP contribution is 2.61. The van der Waals surface area contributed by atoms with Crippen molar-refractivity contribution in [1.29, 1.82) is 5.26 Å². The van der Waals surface area contributed by atoms with E-state index < -0.39 is 0 Å². The Bertz CT molecular complexity index is 636. The summed E-state index contributed by atoms with van der Waals surface area (Å²) in [7, 11) is 0. The van der Waals surface area contributed by atoms with Crippen LogP contribution in [0.5, 0.6) is 0 Å². The number of carbonyl (C=O) groups excluding carboxylic acids is 2. The Labute approximate surface area is 133 Å². The van der Waals surface area contributed by atoms with E-state index in [9.17, 15) is 14.9 Å². The van der Waals surface area contributed by atoms with Crippen molar-refractivity contribution in [3.05, 3.63) is 23.3 Å². The van der Waals surface area contributed by atoms with Gasteiger partial charge in [0.1, 0.15) is 6.07 Å². The lowest BCUT2D eigenvalue weighted by atomic mass is 9.48. The minimum absolute atomic E-state index is 0. The molecule has 22 heavy (non-hydrogen) atoms. The number of hydrogen-bond donors (Lipinski definition) is 0. The van der Waals surface area contributed by atoms with Crippen LogP contribution in [0.3, 0.4) is 0 Å². The van der Waals surface area contributed by atoms with Gasteiger partial charge in [-0.1, -0.05) is 39.8 Å². The average Bonchev–Trinajstić information content (AvgIpc) is 2.45. The van der Waals surface area contributed by atoms with Gasteiger partial charge in [-0.05, 0) is 36.7 Å². The minimum atomic E-state index is -0.332. The summed E-state index contributed by atoms with van der Waals surface area (Å²) in [5.41, 5.74) is 1.12. The van der Waals surface area contributed by atoms with Crippen molar-refractivity contribution in [1.82, 2.24) is 0 Å². The lowest BCUT2D eigenvalue weighted by Gasteiger charge is -2.55. The first-order valence-electron chi connectivity index (χ1n) is 7.74. The first-order valence-corrected chi connectivity index (χ1v) is 7.74. The maximum atomic E-state index is 12.3. The van der Waals surface area contributed by atoms with Crippen molar-refractivity contribution in [3.8, 4) is 6.07 Å². The molecule has 0 aromatic carbocycles. The zero-order valence-corrected chi connectivity index (χ0v) is 12.9. The largest absolute Gasteiger partial charge is 0.295 e. The number of nitriles is 1. The second kappa shape index (κ2) is 5.19. The van der Waals surface area contributed by atoms with Gasteiger partial charge in [-0.25, -0.2) is 0 Å². The number of fused-ring (bicyclic) bond motifs is 3. The third-order valence-corrected chi connectivity index (χ3v) is 6.08. The van der Waals surface area contributed by atoms with Crippen LogP contribution in [0.2, 0.25) is 0 Å². The molecule has 0 heterocycles. The monoisotopic (exact) mass is 299 g/mol. The van der Waals surface area contributed by atoms with Crippen LogP contribution in [0.25, 0.3) is 0 Å². The lowest BCUT2D eigenvalue weighted by molar-refractivity contribution is -0.123. The highest BCUT2D eigenvalue weighted by Gasteiger charge is 2.54. The van der Waals surface area contributed by atoms with Gasteiger partial charge in [-0.2, -0.15) is 5.26 Å². The van der Waals surface area contributed by atoms with Crippen LogP contribution in [0.4, 0.5) is 0 Å². The number of allylic oxidation sites excluding steroid dienone is 4. The number of ketones is 2. The van der Waals surface area contributed by atoms with Gasteiger partial charge in [0.05, 0.1) is 5.57 Å². The van der Waals surface area contributed by atoms with Gasteiger partial charge in [-0.15, -0.1) is 0 Å². The van der Waals surface area contributed by atoms with E-state index in [-0.39, 0.29) is 47.2 Å². The van der Waals surface area contributed by atoms with Gasteiger partial charge in [0.15, 0.2) is 11.6 Å². The fraction of sp³-hybridized carbons (Fsp3) is 0.632. The Morgan fingerprint density at radius 3 is 2.59 bits per heavy atom. The second-order valence-corrected chi connectivity index (χ2v) is 7.34. The molecule has 0 aromatic heterocycles.